The summed E-state index contributed by atoms with van der Waals surface area (Å²) in [7, 11) is 7.15. The fourth-order valence-corrected chi connectivity index (χ4v) is 5.03. The molecule has 2 aromatic carbocycles. The highest BCUT2D eigenvalue weighted by molar-refractivity contribution is 6.30. The molecule has 37 heavy (non-hydrogen) atoms. The number of carbonyl (C=O) groups excluding carboxylic acids is 1. The number of fused-ring (bicyclic) bond motifs is 1. The Morgan fingerprint density at radius 3 is 2.32 bits per heavy atom. The topological polar surface area (TPSA) is 68.0 Å². The van der Waals surface area contributed by atoms with E-state index in [1.54, 1.807) is 20.5 Å². The molecule has 5 rings (SSSR count). The molecule has 2 heterocycles. The van der Waals surface area contributed by atoms with Gasteiger partial charge in [-0.2, -0.15) is 0 Å². The monoisotopic (exact) mass is 519 g/mol. The lowest BCUT2D eigenvalue weighted by Gasteiger charge is -2.29. The molecule has 0 bridgehead atoms. The zero-order valence-corrected chi connectivity index (χ0v) is 22.2. The van der Waals surface area contributed by atoms with Gasteiger partial charge in [0, 0.05) is 36.6 Å². The molecule has 0 saturated heterocycles. The van der Waals surface area contributed by atoms with Crippen LogP contribution < -0.4 is 14.4 Å². The first-order valence-corrected chi connectivity index (χ1v) is 12.5. The number of nitrogens with zero attached hydrogens (tertiary/aromatic N) is 3. The van der Waals surface area contributed by atoms with Crippen molar-refractivity contribution in [3.05, 3.63) is 82.8 Å². The summed E-state index contributed by atoms with van der Waals surface area (Å²) in [4.78, 5) is 23.0. The number of hydrogen-bond donors (Lipinski definition) is 0. The molecule has 0 N–H and O–H groups in total. The number of aromatic nitrogens is 1. The number of amides is 1. The third kappa shape index (κ3) is 4.71. The van der Waals surface area contributed by atoms with Crippen molar-refractivity contribution in [2.24, 2.45) is 0 Å². The molecule has 0 atom stereocenters. The molecule has 0 radical (unpaired) electrons. The van der Waals surface area contributed by atoms with E-state index in [0.29, 0.717) is 35.1 Å². The van der Waals surface area contributed by atoms with Gasteiger partial charge in [0.15, 0.2) is 0 Å². The van der Waals surface area contributed by atoms with Crippen LogP contribution in [0.2, 0.25) is 5.02 Å². The quantitative estimate of drug-likeness (QED) is 0.277. The highest BCUT2D eigenvalue weighted by Gasteiger charge is 2.53. The van der Waals surface area contributed by atoms with Gasteiger partial charge in [0.1, 0.15) is 28.6 Å². The average Bonchev–Trinajstić information content (AvgIpc) is 3.55. The predicted molar refractivity (Wildman–Crippen MR) is 144 cm³/mol. The molecule has 1 aliphatic carbocycles. The number of benzene rings is 2. The van der Waals surface area contributed by atoms with Gasteiger partial charge in [0.25, 0.3) is 0 Å². The Bertz CT molecular complexity index is 1410. The normalized spacial score (nSPS) is 13.9. The number of halogens is 1. The molecule has 1 fully saturated rings. The predicted octanol–water partition coefficient (Wildman–Crippen LogP) is 5.83. The number of methoxy groups -OCH3 is 2. The Morgan fingerprint density at radius 1 is 1.03 bits per heavy atom. The Hall–Kier alpha value is -3.71. The summed E-state index contributed by atoms with van der Waals surface area (Å²) in [5.41, 5.74) is 2.04. The molecule has 0 aliphatic heterocycles. The minimum atomic E-state index is -0.555. The van der Waals surface area contributed by atoms with Crippen LogP contribution in [-0.2, 0) is 23.3 Å². The second kappa shape index (κ2) is 9.98. The van der Waals surface area contributed by atoms with E-state index >= 15 is 0 Å². The van der Waals surface area contributed by atoms with Gasteiger partial charge >= 0.3 is 0 Å². The maximum atomic E-state index is 14.2. The lowest BCUT2D eigenvalue weighted by Crippen LogP contribution is -2.38. The summed E-state index contributed by atoms with van der Waals surface area (Å²) in [5.74, 6) is 2.90. The van der Waals surface area contributed by atoms with Crippen molar-refractivity contribution in [3.8, 4) is 11.5 Å². The summed E-state index contributed by atoms with van der Waals surface area (Å²) < 4.78 is 16.9. The smallest absolute Gasteiger partial charge is 0.233 e. The summed E-state index contributed by atoms with van der Waals surface area (Å²) >= 11 is 6.13. The summed E-state index contributed by atoms with van der Waals surface area (Å²) in [6.45, 7) is 0.701. The molecule has 0 spiro atoms. The Morgan fingerprint density at radius 2 is 1.73 bits per heavy atom. The molecule has 1 aliphatic rings. The maximum absolute atomic E-state index is 14.2. The number of rotatable bonds is 9. The second-order valence-electron chi connectivity index (χ2n) is 9.56. The number of pyridine rings is 1. The van der Waals surface area contributed by atoms with Crippen LogP contribution in [0.25, 0.3) is 10.9 Å². The summed E-state index contributed by atoms with van der Waals surface area (Å²) in [6.07, 6.45) is 3.22. The van der Waals surface area contributed by atoms with Gasteiger partial charge in [0.05, 0.1) is 32.4 Å². The number of furan rings is 1. The molecular formula is C29H30ClN3O4. The van der Waals surface area contributed by atoms with Gasteiger partial charge in [0.2, 0.25) is 5.91 Å². The number of ether oxygens (including phenoxy) is 2. The lowest BCUT2D eigenvalue weighted by atomic mass is 9.94. The van der Waals surface area contributed by atoms with Crippen LogP contribution in [-0.4, -0.2) is 44.1 Å². The van der Waals surface area contributed by atoms with Crippen molar-refractivity contribution in [2.45, 2.75) is 31.3 Å². The zero-order chi connectivity index (χ0) is 26.2. The minimum absolute atomic E-state index is 0.0635. The van der Waals surface area contributed by atoms with E-state index in [1.165, 1.54) is 0 Å². The van der Waals surface area contributed by atoms with Crippen molar-refractivity contribution >= 4 is 34.2 Å². The van der Waals surface area contributed by atoms with Crippen LogP contribution in [0.4, 0.5) is 5.82 Å². The maximum Gasteiger partial charge on any atom is 0.233 e. The molecule has 4 aromatic rings. The molecule has 192 valence electrons. The zero-order valence-electron chi connectivity index (χ0n) is 21.5. The van der Waals surface area contributed by atoms with E-state index in [1.807, 2.05) is 78.5 Å². The van der Waals surface area contributed by atoms with Gasteiger partial charge in [-0.25, -0.2) is 4.98 Å². The van der Waals surface area contributed by atoms with E-state index < -0.39 is 5.41 Å². The first-order chi connectivity index (χ1) is 17.9. The highest BCUT2D eigenvalue weighted by Crippen LogP contribution is 2.50. The molecule has 8 heteroatoms. The van der Waals surface area contributed by atoms with Crippen molar-refractivity contribution < 1.29 is 18.7 Å². The first-order valence-electron chi connectivity index (χ1n) is 12.2. The van der Waals surface area contributed by atoms with E-state index in [9.17, 15) is 4.79 Å². The fourth-order valence-electron chi connectivity index (χ4n) is 4.91. The number of hydrogen-bond acceptors (Lipinski definition) is 6. The second-order valence-corrected chi connectivity index (χ2v) is 10.00. The Labute approximate surface area is 221 Å². The average molecular weight is 520 g/mol. The minimum Gasteiger partial charge on any atom is -0.496 e. The van der Waals surface area contributed by atoms with E-state index in [2.05, 4.69) is 0 Å². The number of anilines is 1. The van der Waals surface area contributed by atoms with Crippen molar-refractivity contribution in [1.29, 1.82) is 0 Å². The van der Waals surface area contributed by atoms with E-state index in [0.717, 1.165) is 40.9 Å². The van der Waals surface area contributed by atoms with Crippen molar-refractivity contribution in [2.75, 3.05) is 33.2 Å². The van der Waals surface area contributed by atoms with Crippen LogP contribution in [0.15, 0.2) is 65.3 Å². The molecule has 0 unspecified atom stereocenters. The van der Waals surface area contributed by atoms with Gasteiger partial charge < -0.3 is 23.7 Å². The molecule has 1 amide bonds. The van der Waals surface area contributed by atoms with Crippen LogP contribution >= 0.6 is 11.6 Å². The van der Waals surface area contributed by atoms with Crippen molar-refractivity contribution in [3.63, 3.8) is 0 Å². The van der Waals surface area contributed by atoms with E-state index in [-0.39, 0.29) is 5.91 Å². The van der Waals surface area contributed by atoms with Gasteiger partial charge in [-0.05, 0) is 60.9 Å². The Balaban J connectivity index is 1.59. The SMILES string of the molecule is COc1ccc(OC)c2nc(N(C)C)c(CN(Cc3ccco3)C(=O)C3(c4ccc(Cl)cc4)CC3)cc12. The van der Waals surface area contributed by atoms with E-state index in [4.69, 9.17) is 30.5 Å². The van der Waals surface area contributed by atoms with Gasteiger partial charge in [-0.15, -0.1) is 0 Å². The summed E-state index contributed by atoms with van der Waals surface area (Å²) in [5, 5.41) is 1.48. The molecule has 2 aromatic heterocycles. The lowest BCUT2D eigenvalue weighted by molar-refractivity contribution is -0.135. The van der Waals surface area contributed by atoms with Gasteiger partial charge in [-0.1, -0.05) is 23.7 Å². The van der Waals surface area contributed by atoms with Crippen LogP contribution in [0.3, 0.4) is 0 Å². The largest absolute Gasteiger partial charge is 0.496 e. The van der Waals surface area contributed by atoms with Crippen LogP contribution in [0.5, 0.6) is 11.5 Å². The summed E-state index contributed by atoms with van der Waals surface area (Å²) in [6, 6.07) is 17.1. The molecular weight excluding hydrogens is 490 g/mol. The van der Waals surface area contributed by atoms with Crippen molar-refractivity contribution in [1.82, 2.24) is 9.88 Å². The standard InChI is InChI=1S/C29H30ClN3O4/c1-32(2)27-19(16-23-24(35-3)11-12-25(36-4)26(23)31-27)17-33(18-22-6-5-15-37-22)28(34)29(13-14-29)20-7-9-21(30)10-8-20/h5-12,15-16H,13-14,17-18H2,1-4H3. The third-order valence-corrected chi connectivity index (χ3v) is 7.21. The first kappa shape index (κ1) is 25.0. The highest BCUT2D eigenvalue weighted by atomic mass is 35.5. The molecule has 1 saturated carbocycles. The van der Waals surface area contributed by atoms with Gasteiger partial charge in [-0.3, -0.25) is 4.79 Å². The van der Waals surface area contributed by atoms with Crippen LogP contribution in [0, 0.1) is 0 Å². The number of carbonyl (C=O) groups is 1. The third-order valence-electron chi connectivity index (χ3n) is 6.96. The molecule has 7 nitrogen and oxygen atoms in total. The van der Waals surface area contributed by atoms with Crippen LogP contribution in [0.1, 0.15) is 29.7 Å². The fraction of sp³-hybridized carbons (Fsp3) is 0.310. The Kier molecular flexibility index (Phi) is 6.73.